The molecule has 0 aliphatic heterocycles. The SMILES string of the molecule is Nc1c(F)cccc1C(F)(F)F. The molecule has 0 fully saturated rings. The molecule has 2 N–H and O–H groups in total. The van der Waals surface area contributed by atoms with Gasteiger partial charge in [0.05, 0.1) is 11.3 Å². The highest BCUT2D eigenvalue weighted by Crippen LogP contribution is 2.34. The van der Waals surface area contributed by atoms with Crippen molar-refractivity contribution >= 4 is 5.69 Å². The van der Waals surface area contributed by atoms with Crippen LogP contribution < -0.4 is 5.73 Å². The lowest BCUT2D eigenvalue weighted by Crippen LogP contribution is -2.09. The van der Waals surface area contributed by atoms with Crippen LogP contribution in [0.1, 0.15) is 5.56 Å². The average molecular weight is 179 g/mol. The molecule has 12 heavy (non-hydrogen) atoms. The summed E-state index contributed by atoms with van der Waals surface area (Å²) in [6.45, 7) is 0. The van der Waals surface area contributed by atoms with E-state index in [1.54, 1.807) is 0 Å². The smallest absolute Gasteiger partial charge is 0.396 e. The van der Waals surface area contributed by atoms with E-state index in [4.69, 9.17) is 5.73 Å². The average Bonchev–Trinajstić information content (AvgIpc) is 1.92. The van der Waals surface area contributed by atoms with Crippen LogP contribution in [0.2, 0.25) is 0 Å². The number of hydrogen-bond acceptors (Lipinski definition) is 1. The minimum absolute atomic E-state index is 0.735. The van der Waals surface area contributed by atoms with Crippen molar-refractivity contribution in [3.63, 3.8) is 0 Å². The molecular weight excluding hydrogens is 174 g/mol. The largest absolute Gasteiger partial charge is 0.418 e. The summed E-state index contributed by atoms with van der Waals surface area (Å²) in [5.74, 6) is -1.05. The predicted molar refractivity (Wildman–Crippen MR) is 35.8 cm³/mol. The van der Waals surface area contributed by atoms with Crippen molar-refractivity contribution in [2.75, 3.05) is 5.73 Å². The third-order valence-corrected chi connectivity index (χ3v) is 1.36. The monoisotopic (exact) mass is 179 g/mol. The van der Waals surface area contributed by atoms with Crippen molar-refractivity contribution in [2.24, 2.45) is 0 Å². The van der Waals surface area contributed by atoms with Crippen molar-refractivity contribution in [3.8, 4) is 0 Å². The lowest BCUT2D eigenvalue weighted by Gasteiger charge is -2.09. The second kappa shape index (κ2) is 2.66. The number of para-hydroxylation sites is 1. The van der Waals surface area contributed by atoms with E-state index < -0.39 is 23.2 Å². The first-order chi connectivity index (χ1) is 5.43. The van der Waals surface area contributed by atoms with Crippen LogP contribution in [0.4, 0.5) is 23.2 Å². The van der Waals surface area contributed by atoms with Gasteiger partial charge in [-0.25, -0.2) is 4.39 Å². The van der Waals surface area contributed by atoms with Gasteiger partial charge in [0.15, 0.2) is 0 Å². The summed E-state index contributed by atoms with van der Waals surface area (Å²) in [6, 6.07) is 2.58. The van der Waals surface area contributed by atoms with Gasteiger partial charge in [0.25, 0.3) is 0 Å². The van der Waals surface area contributed by atoms with Gasteiger partial charge >= 0.3 is 6.18 Å². The first-order valence-electron chi connectivity index (χ1n) is 3.04. The molecule has 5 heteroatoms. The van der Waals surface area contributed by atoms with E-state index in [9.17, 15) is 17.6 Å². The Morgan fingerprint density at radius 3 is 2.17 bits per heavy atom. The molecule has 0 radical (unpaired) electrons. The van der Waals surface area contributed by atoms with Gasteiger partial charge in [-0.1, -0.05) is 6.07 Å². The first kappa shape index (κ1) is 8.83. The highest BCUT2D eigenvalue weighted by atomic mass is 19.4. The van der Waals surface area contributed by atoms with Crippen LogP contribution in [0.5, 0.6) is 0 Å². The molecule has 0 unspecified atom stereocenters. The second-order valence-corrected chi connectivity index (χ2v) is 2.20. The van der Waals surface area contributed by atoms with E-state index in [0.29, 0.717) is 0 Å². The molecular formula is C7H5F4N. The molecule has 0 bridgehead atoms. The molecule has 0 aliphatic carbocycles. The predicted octanol–water partition coefficient (Wildman–Crippen LogP) is 2.43. The molecule has 0 heterocycles. The van der Waals surface area contributed by atoms with Gasteiger partial charge in [-0.2, -0.15) is 13.2 Å². The summed E-state index contributed by atoms with van der Waals surface area (Å²) in [5, 5.41) is 0. The van der Waals surface area contributed by atoms with Crippen molar-refractivity contribution < 1.29 is 17.6 Å². The molecule has 0 amide bonds. The van der Waals surface area contributed by atoms with Gasteiger partial charge in [-0.3, -0.25) is 0 Å². The maximum Gasteiger partial charge on any atom is 0.418 e. The van der Waals surface area contributed by atoms with Crippen molar-refractivity contribution in [2.45, 2.75) is 6.18 Å². The highest BCUT2D eigenvalue weighted by molar-refractivity contribution is 5.49. The lowest BCUT2D eigenvalue weighted by atomic mass is 10.1. The van der Waals surface area contributed by atoms with Crippen molar-refractivity contribution in [1.82, 2.24) is 0 Å². The number of halogens is 4. The summed E-state index contributed by atoms with van der Waals surface area (Å²) in [6.07, 6.45) is -4.59. The zero-order valence-corrected chi connectivity index (χ0v) is 5.82. The van der Waals surface area contributed by atoms with Gasteiger partial charge in [0.1, 0.15) is 5.82 Å². The zero-order chi connectivity index (χ0) is 9.35. The normalized spacial score (nSPS) is 11.7. The van der Waals surface area contributed by atoms with Gasteiger partial charge in [-0.15, -0.1) is 0 Å². The molecule has 0 atom stereocenters. The third kappa shape index (κ3) is 1.49. The fourth-order valence-electron chi connectivity index (χ4n) is 0.784. The fourth-order valence-corrected chi connectivity index (χ4v) is 0.784. The van der Waals surface area contributed by atoms with Crippen LogP contribution >= 0.6 is 0 Å². The zero-order valence-electron chi connectivity index (χ0n) is 5.82. The van der Waals surface area contributed by atoms with Crippen LogP contribution in [0.15, 0.2) is 18.2 Å². The molecule has 0 aromatic heterocycles. The number of hydrogen-bond donors (Lipinski definition) is 1. The van der Waals surface area contributed by atoms with E-state index >= 15 is 0 Å². The van der Waals surface area contributed by atoms with Gasteiger partial charge in [-0.05, 0) is 12.1 Å². The molecule has 1 aromatic carbocycles. The minimum atomic E-state index is -4.59. The maximum atomic E-state index is 12.5. The summed E-state index contributed by atoms with van der Waals surface area (Å²) < 4.78 is 48.4. The van der Waals surface area contributed by atoms with E-state index in [-0.39, 0.29) is 0 Å². The molecule has 66 valence electrons. The quantitative estimate of drug-likeness (QED) is 0.480. The number of nitrogen functional groups attached to an aromatic ring is 1. The number of rotatable bonds is 0. The van der Waals surface area contributed by atoms with Crippen LogP contribution in [-0.4, -0.2) is 0 Å². The summed E-state index contributed by atoms with van der Waals surface area (Å²) in [4.78, 5) is 0. The van der Waals surface area contributed by atoms with Crippen molar-refractivity contribution in [3.05, 3.63) is 29.6 Å². The fraction of sp³-hybridized carbons (Fsp3) is 0.143. The van der Waals surface area contributed by atoms with E-state index in [1.807, 2.05) is 0 Å². The van der Waals surface area contributed by atoms with E-state index in [0.717, 1.165) is 18.2 Å². The Kier molecular flexibility index (Phi) is 1.95. The third-order valence-electron chi connectivity index (χ3n) is 1.36. The molecule has 1 rings (SSSR count). The minimum Gasteiger partial charge on any atom is -0.396 e. The summed E-state index contributed by atoms with van der Waals surface area (Å²) >= 11 is 0. The molecule has 0 saturated carbocycles. The van der Waals surface area contributed by atoms with Gasteiger partial charge < -0.3 is 5.73 Å². The number of alkyl halides is 3. The molecule has 0 spiro atoms. The van der Waals surface area contributed by atoms with Crippen LogP contribution in [0.25, 0.3) is 0 Å². The summed E-state index contributed by atoms with van der Waals surface area (Å²) in [7, 11) is 0. The molecule has 1 nitrogen and oxygen atoms in total. The topological polar surface area (TPSA) is 26.0 Å². The number of nitrogens with two attached hydrogens (primary N) is 1. The van der Waals surface area contributed by atoms with Gasteiger partial charge in [0.2, 0.25) is 0 Å². The molecule has 0 saturated heterocycles. The standard InChI is InChI=1S/C7H5F4N/c8-5-3-1-2-4(6(5)12)7(9,10)11/h1-3H,12H2. The Balaban J connectivity index is 3.26. The van der Waals surface area contributed by atoms with Gasteiger partial charge in [0, 0.05) is 0 Å². The Hall–Kier alpha value is -1.26. The number of benzene rings is 1. The molecule has 1 aromatic rings. The van der Waals surface area contributed by atoms with Crippen LogP contribution in [-0.2, 0) is 6.18 Å². The first-order valence-corrected chi connectivity index (χ1v) is 3.04. The number of anilines is 1. The Morgan fingerprint density at radius 2 is 1.75 bits per heavy atom. The second-order valence-electron chi connectivity index (χ2n) is 2.20. The van der Waals surface area contributed by atoms with Crippen LogP contribution in [0, 0.1) is 5.82 Å². The lowest BCUT2D eigenvalue weighted by molar-refractivity contribution is -0.137. The van der Waals surface area contributed by atoms with Crippen LogP contribution in [0.3, 0.4) is 0 Å². The van der Waals surface area contributed by atoms with E-state index in [2.05, 4.69) is 0 Å². The maximum absolute atomic E-state index is 12.5. The Bertz CT molecular complexity index is 292. The Labute approximate surface area is 65.8 Å². The van der Waals surface area contributed by atoms with Crippen molar-refractivity contribution in [1.29, 1.82) is 0 Å². The molecule has 0 aliphatic rings. The summed E-state index contributed by atoms with van der Waals surface area (Å²) in [5.41, 5.74) is 2.88. The van der Waals surface area contributed by atoms with E-state index in [1.165, 1.54) is 0 Å². The Morgan fingerprint density at radius 1 is 1.17 bits per heavy atom. The highest BCUT2D eigenvalue weighted by Gasteiger charge is 2.33.